The SMILES string of the molecule is Cc1cc(CNC(=O)c2nc3n(c(=O)c2O)CCCC3N(C)C(=O)C(=O)N(C)C)ccc1F. The van der Waals surface area contributed by atoms with Gasteiger partial charge in [-0.2, -0.15) is 0 Å². The van der Waals surface area contributed by atoms with Gasteiger partial charge in [0.25, 0.3) is 11.5 Å². The van der Waals surface area contributed by atoms with Crippen molar-refractivity contribution in [3.63, 3.8) is 0 Å². The summed E-state index contributed by atoms with van der Waals surface area (Å²) in [7, 11) is 4.34. The molecule has 0 bridgehead atoms. The van der Waals surface area contributed by atoms with E-state index >= 15 is 0 Å². The molecule has 1 aromatic carbocycles. The Balaban J connectivity index is 1.91. The van der Waals surface area contributed by atoms with Crippen molar-refractivity contribution >= 4 is 17.7 Å². The average molecular weight is 459 g/mol. The third-order valence-corrected chi connectivity index (χ3v) is 5.60. The fourth-order valence-corrected chi connectivity index (χ4v) is 3.70. The van der Waals surface area contributed by atoms with Gasteiger partial charge in [-0.25, -0.2) is 9.37 Å². The van der Waals surface area contributed by atoms with Crippen molar-refractivity contribution in [2.24, 2.45) is 0 Å². The first kappa shape index (κ1) is 23.9. The van der Waals surface area contributed by atoms with Gasteiger partial charge < -0.3 is 20.2 Å². The summed E-state index contributed by atoms with van der Waals surface area (Å²) in [5.41, 5.74) is -0.233. The van der Waals surface area contributed by atoms with Crippen LogP contribution in [0, 0.1) is 12.7 Å². The van der Waals surface area contributed by atoms with E-state index in [9.17, 15) is 28.7 Å². The molecular weight excluding hydrogens is 433 g/mol. The standard InChI is InChI=1S/C22H26FN5O5/c1-12-10-13(7-8-14(12)23)11-24-19(30)16-17(29)20(31)28-9-5-6-15(18(28)25-16)27(4)22(33)21(32)26(2)3/h7-8,10,15,29H,5-6,9,11H2,1-4H3,(H,24,30). The minimum absolute atomic E-state index is 0.0264. The van der Waals surface area contributed by atoms with Crippen molar-refractivity contribution in [3.05, 3.63) is 57.0 Å². The van der Waals surface area contributed by atoms with Crippen molar-refractivity contribution in [2.75, 3.05) is 21.1 Å². The summed E-state index contributed by atoms with van der Waals surface area (Å²) in [5.74, 6) is -3.36. The summed E-state index contributed by atoms with van der Waals surface area (Å²) in [6.07, 6.45) is 0.942. The predicted molar refractivity (Wildman–Crippen MR) is 116 cm³/mol. The molecule has 33 heavy (non-hydrogen) atoms. The highest BCUT2D eigenvalue weighted by Gasteiger charge is 2.34. The van der Waals surface area contributed by atoms with Gasteiger partial charge in [0, 0.05) is 34.2 Å². The monoisotopic (exact) mass is 459 g/mol. The Morgan fingerprint density at radius 1 is 1.24 bits per heavy atom. The number of halogens is 1. The Labute approximate surface area is 189 Å². The minimum Gasteiger partial charge on any atom is -0.501 e. The molecule has 3 rings (SSSR count). The van der Waals surface area contributed by atoms with Crippen LogP contribution in [0.15, 0.2) is 23.0 Å². The quantitative estimate of drug-likeness (QED) is 0.649. The van der Waals surface area contributed by atoms with Crippen LogP contribution < -0.4 is 10.9 Å². The van der Waals surface area contributed by atoms with Gasteiger partial charge >= 0.3 is 11.8 Å². The van der Waals surface area contributed by atoms with E-state index < -0.39 is 40.8 Å². The summed E-state index contributed by atoms with van der Waals surface area (Å²) >= 11 is 0. The fourth-order valence-electron chi connectivity index (χ4n) is 3.70. The Morgan fingerprint density at radius 3 is 2.58 bits per heavy atom. The van der Waals surface area contributed by atoms with Gasteiger partial charge in [-0.05, 0) is 37.0 Å². The number of nitrogens with one attached hydrogen (secondary N) is 1. The van der Waals surface area contributed by atoms with Gasteiger partial charge in [0.15, 0.2) is 5.69 Å². The number of carbonyl (C=O) groups is 3. The van der Waals surface area contributed by atoms with Crippen molar-refractivity contribution in [2.45, 2.75) is 38.9 Å². The molecule has 11 heteroatoms. The maximum absolute atomic E-state index is 13.5. The highest BCUT2D eigenvalue weighted by Crippen LogP contribution is 2.29. The molecule has 2 aromatic rings. The second-order valence-corrected chi connectivity index (χ2v) is 8.16. The molecule has 0 aliphatic carbocycles. The van der Waals surface area contributed by atoms with E-state index in [0.29, 0.717) is 24.0 Å². The van der Waals surface area contributed by atoms with Gasteiger partial charge in [0.2, 0.25) is 5.75 Å². The number of likely N-dealkylation sites (N-methyl/N-ethyl adjacent to an activating group) is 2. The molecule has 0 fully saturated rings. The number of benzene rings is 1. The van der Waals surface area contributed by atoms with Gasteiger partial charge in [0.05, 0.1) is 6.04 Å². The Hall–Kier alpha value is -3.76. The number of nitrogens with zero attached hydrogens (tertiary/aromatic N) is 4. The van der Waals surface area contributed by atoms with Crippen LogP contribution in [0.1, 0.15) is 46.3 Å². The van der Waals surface area contributed by atoms with Crippen molar-refractivity contribution in [1.29, 1.82) is 0 Å². The maximum Gasteiger partial charge on any atom is 0.312 e. The first-order valence-electron chi connectivity index (χ1n) is 10.4. The van der Waals surface area contributed by atoms with Crippen LogP contribution in [0.25, 0.3) is 0 Å². The van der Waals surface area contributed by atoms with Crippen molar-refractivity contribution in [3.8, 4) is 5.75 Å². The molecule has 2 N–H and O–H groups in total. The number of fused-ring (bicyclic) bond motifs is 1. The molecular formula is C22H26FN5O5. The van der Waals surface area contributed by atoms with Gasteiger partial charge in [-0.1, -0.05) is 12.1 Å². The first-order chi connectivity index (χ1) is 15.5. The van der Waals surface area contributed by atoms with E-state index in [1.165, 1.54) is 42.7 Å². The minimum atomic E-state index is -0.800. The molecule has 0 saturated heterocycles. The molecule has 2 heterocycles. The van der Waals surface area contributed by atoms with E-state index in [-0.39, 0.29) is 24.7 Å². The highest BCUT2D eigenvalue weighted by molar-refractivity contribution is 6.34. The number of carbonyl (C=O) groups excluding carboxylic acids is 3. The molecule has 0 radical (unpaired) electrons. The van der Waals surface area contributed by atoms with Crippen LogP contribution in [0.5, 0.6) is 5.75 Å². The molecule has 3 amide bonds. The largest absolute Gasteiger partial charge is 0.501 e. The highest BCUT2D eigenvalue weighted by atomic mass is 19.1. The second-order valence-electron chi connectivity index (χ2n) is 8.16. The van der Waals surface area contributed by atoms with Crippen LogP contribution in [0.2, 0.25) is 0 Å². The Morgan fingerprint density at radius 2 is 1.94 bits per heavy atom. The van der Waals surface area contributed by atoms with Crippen LogP contribution >= 0.6 is 0 Å². The van der Waals surface area contributed by atoms with Crippen molar-refractivity contribution < 1.29 is 23.9 Å². The van der Waals surface area contributed by atoms with Crippen LogP contribution in [-0.4, -0.2) is 63.3 Å². The molecule has 10 nitrogen and oxygen atoms in total. The molecule has 1 unspecified atom stereocenters. The third-order valence-electron chi connectivity index (χ3n) is 5.60. The van der Waals surface area contributed by atoms with E-state index in [2.05, 4.69) is 10.3 Å². The van der Waals surface area contributed by atoms with E-state index in [1.807, 2.05) is 0 Å². The predicted octanol–water partition coefficient (Wildman–Crippen LogP) is 0.708. The summed E-state index contributed by atoms with van der Waals surface area (Å²) in [4.78, 5) is 56.7. The zero-order valence-electron chi connectivity index (χ0n) is 18.9. The number of hydrogen-bond donors (Lipinski definition) is 2. The topological polar surface area (TPSA) is 125 Å². The lowest BCUT2D eigenvalue weighted by Gasteiger charge is -2.33. The molecule has 0 spiro atoms. The zero-order chi connectivity index (χ0) is 24.4. The lowest BCUT2D eigenvalue weighted by atomic mass is 10.0. The first-order valence-corrected chi connectivity index (χ1v) is 10.4. The van der Waals surface area contributed by atoms with E-state index in [0.717, 1.165) is 4.90 Å². The lowest BCUT2D eigenvalue weighted by Crippen LogP contribution is -2.45. The van der Waals surface area contributed by atoms with Gasteiger partial charge in [-0.15, -0.1) is 0 Å². The fraction of sp³-hybridized carbons (Fsp3) is 0.409. The summed E-state index contributed by atoms with van der Waals surface area (Å²) in [6, 6.07) is 3.64. The van der Waals surface area contributed by atoms with Gasteiger partial charge in [-0.3, -0.25) is 23.7 Å². The average Bonchev–Trinajstić information content (AvgIpc) is 2.79. The summed E-state index contributed by atoms with van der Waals surface area (Å²) < 4.78 is 14.7. The molecule has 1 aromatic heterocycles. The number of hydrogen-bond acceptors (Lipinski definition) is 6. The van der Waals surface area contributed by atoms with E-state index in [4.69, 9.17) is 0 Å². The van der Waals surface area contributed by atoms with Crippen LogP contribution in [0.4, 0.5) is 4.39 Å². The number of aromatic hydroxyl groups is 1. The third kappa shape index (κ3) is 4.71. The van der Waals surface area contributed by atoms with Gasteiger partial charge in [0.1, 0.15) is 11.6 Å². The lowest BCUT2D eigenvalue weighted by molar-refractivity contribution is -0.151. The number of aromatic nitrogens is 2. The Kier molecular flexibility index (Phi) is 6.80. The zero-order valence-corrected chi connectivity index (χ0v) is 18.9. The molecule has 176 valence electrons. The number of rotatable bonds is 4. The maximum atomic E-state index is 13.5. The second kappa shape index (κ2) is 9.39. The van der Waals surface area contributed by atoms with E-state index in [1.54, 1.807) is 13.0 Å². The smallest absolute Gasteiger partial charge is 0.312 e. The summed E-state index contributed by atoms with van der Waals surface area (Å²) in [5, 5.41) is 12.9. The van der Waals surface area contributed by atoms with Crippen molar-refractivity contribution in [1.82, 2.24) is 24.7 Å². The molecule has 1 atom stereocenters. The number of amides is 3. The summed E-state index contributed by atoms with van der Waals surface area (Å²) in [6.45, 7) is 1.88. The number of aryl methyl sites for hydroxylation is 1. The molecule has 0 saturated carbocycles. The molecule has 1 aliphatic heterocycles. The normalized spacial score (nSPS) is 14.9. The Bertz CT molecular complexity index is 1180. The van der Waals surface area contributed by atoms with Crippen LogP contribution in [0.3, 0.4) is 0 Å². The van der Waals surface area contributed by atoms with Crippen LogP contribution in [-0.2, 0) is 22.7 Å². The molecule has 1 aliphatic rings.